The Balaban J connectivity index is 1.75. The molecule has 0 fully saturated rings. The molecule has 24 heavy (non-hydrogen) atoms. The van der Waals surface area contributed by atoms with E-state index < -0.39 is 0 Å². The lowest BCUT2D eigenvalue weighted by Gasteiger charge is -2.07. The highest BCUT2D eigenvalue weighted by Crippen LogP contribution is 2.36. The first kappa shape index (κ1) is 13.3. The summed E-state index contributed by atoms with van der Waals surface area (Å²) in [5.41, 5.74) is 2.82. The van der Waals surface area contributed by atoms with Crippen LogP contribution in [-0.2, 0) is 0 Å². The molecule has 1 N–H and O–H groups in total. The van der Waals surface area contributed by atoms with Crippen molar-refractivity contribution in [3.63, 3.8) is 0 Å². The van der Waals surface area contributed by atoms with Crippen LogP contribution < -0.4 is 9.47 Å². The Bertz CT molecular complexity index is 1130. The molecule has 0 unspecified atom stereocenters. The van der Waals surface area contributed by atoms with Crippen molar-refractivity contribution in [2.45, 2.75) is 0 Å². The summed E-state index contributed by atoms with van der Waals surface area (Å²) in [6.07, 6.45) is 0. The molecule has 2 aromatic carbocycles. The molecular formula is C15H9N5O3S. The second kappa shape index (κ2) is 4.90. The van der Waals surface area contributed by atoms with Crippen molar-refractivity contribution >= 4 is 23.3 Å². The Morgan fingerprint density at radius 3 is 2.96 bits per heavy atom. The highest BCUT2D eigenvalue weighted by atomic mass is 32.1. The first-order valence-corrected chi connectivity index (χ1v) is 7.51. The van der Waals surface area contributed by atoms with Gasteiger partial charge >= 0.3 is 0 Å². The number of aromatic amines is 1. The van der Waals surface area contributed by atoms with Crippen LogP contribution in [0, 0.1) is 4.77 Å². The lowest BCUT2D eigenvalue weighted by Crippen LogP contribution is -1.99. The van der Waals surface area contributed by atoms with Gasteiger partial charge in [-0.3, -0.25) is 9.67 Å². The molecule has 0 radical (unpaired) electrons. The van der Waals surface area contributed by atoms with Crippen LogP contribution in [0.2, 0.25) is 0 Å². The molecule has 0 saturated carbocycles. The largest absolute Gasteiger partial charge is 0.454 e. The molecule has 0 saturated heterocycles. The Morgan fingerprint density at radius 2 is 2.00 bits per heavy atom. The zero-order valence-electron chi connectivity index (χ0n) is 12.1. The van der Waals surface area contributed by atoms with Crippen LogP contribution in [0.25, 0.3) is 28.1 Å². The maximum atomic E-state index is 5.44. The zero-order chi connectivity index (χ0) is 16.1. The van der Waals surface area contributed by atoms with Gasteiger partial charge in [-0.25, -0.2) is 4.63 Å². The third-order valence-corrected chi connectivity index (χ3v) is 4.08. The number of benzene rings is 2. The van der Waals surface area contributed by atoms with Gasteiger partial charge in [0.2, 0.25) is 6.79 Å². The molecule has 1 aliphatic rings. The SMILES string of the molecule is S=c1[nH]nc(-c2ccc3c(c2)OCO3)n1-c1cccc2nonc12. The molecule has 0 aliphatic carbocycles. The zero-order valence-corrected chi connectivity index (χ0v) is 12.9. The van der Waals surface area contributed by atoms with Crippen LogP contribution in [0.1, 0.15) is 0 Å². The van der Waals surface area contributed by atoms with Gasteiger partial charge in [0, 0.05) is 5.56 Å². The molecule has 3 heterocycles. The molecule has 1 aliphatic heterocycles. The minimum atomic E-state index is 0.218. The number of nitrogens with one attached hydrogen (secondary N) is 1. The molecule has 2 aromatic heterocycles. The van der Waals surface area contributed by atoms with Crippen LogP contribution in [0.3, 0.4) is 0 Å². The molecule has 9 heteroatoms. The summed E-state index contributed by atoms with van der Waals surface area (Å²) in [5.74, 6) is 2.02. The molecule has 8 nitrogen and oxygen atoms in total. The highest BCUT2D eigenvalue weighted by Gasteiger charge is 2.19. The summed E-state index contributed by atoms with van der Waals surface area (Å²) < 4.78 is 17.9. The van der Waals surface area contributed by atoms with Gasteiger partial charge in [-0.05, 0) is 52.9 Å². The van der Waals surface area contributed by atoms with E-state index in [1.807, 2.05) is 36.4 Å². The summed E-state index contributed by atoms with van der Waals surface area (Å²) in [6.45, 7) is 0.218. The van der Waals surface area contributed by atoms with Gasteiger partial charge in [0.25, 0.3) is 0 Å². The minimum Gasteiger partial charge on any atom is -0.454 e. The summed E-state index contributed by atoms with van der Waals surface area (Å²) in [5, 5.41) is 15.0. The van der Waals surface area contributed by atoms with Crippen molar-refractivity contribution < 1.29 is 14.1 Å². The van der Waals surface area contributed by atoms with E-state index in [-0.39, 0.29) is 6.79 Å². The second-order valence-electron chi connectivity index (χ2n) is 5.16. The fraction of sp³-hybridized carbons (Fsp3) is 0.0667. The number of hydrogen-bond acceptors (Lipinski definition) is 7. The third kappa shape index (κ3) is 1.85. The van der Waals surface area contributed by atoms with Crippen LogP contribution in [0.4, 0.5) is 0 Å². The van der Waals surface area contributed by atoms with Crippen LogP contribution in [0.5, 0.6) is 11.5 Å². The Morgan fingerprint density at radius 1 is 1.08 bits per heavy atom. The molecule has 5 rings (SSSR count). The maximum Gasteiger partial charge on any atom is 0.231 e. The molecule has 0 spiro atoms. The monoisotopic (exact) mass is 339 g/mol. The standard InChI is InChI=1S/C15H9N5O3S/c24-15-17-16-14(8-4-5-11-12(6-8)22-7-21-11)20(15)10-3-1-2-9-13(10)19-23-18-9/h1-6H,7H2,(H,17,24). The van der Waals surface area contributed by atoms with E-state index >= 15 is 0 Å². The number of H-pyrrole nitrogens is 1. The quantitative estimate of drug-likeness (QED) is 0.561. The van der Waals surface area contributed by atoms with Crippen molar-refractivity contribution in [2.75, 3.05) is 6.79 Å². The normalized spacial score (nSPS) is 12.8. The second-order valence-corrected chi connectivity index (χ2v) is 5.55. The average Bonchev–Trinajstić information content (AvgIpc) is 3.32. The van der Waals surface area contributed by atoms with Crippen LogP contribution >= 0.6 is 12.2 Å². The van der Waals surface area contributed by atoms with Crippen LogP contribution in [-0.4, -0.2) is 31.9 Å². The lowest BCUT2D eigenvalue weighted by atomic mass is 10.2. The highest BCUT2D eigenvalue weighted by molar-refractivity contribution is 7.71. The minimum absolute atomic E-state index is 0.218. The first-order chi connectivity index (χ1) is 11.8. The summed E-state index contributed by atoms with van der Waals surface area (Å²) >= 11 is 5.40. The smallest absolute Gasteiger partial charge is 0.231 e. The van der Waals surface area contributed by atoms with Gasteiger partial charge in [-0.15, -0.1) is 0 Å². The predicted molar refractivity (Wildman–Crippen MR) is 85.7 cm³/mol. The van der Waals surface area contributed by atoms with Gasteiger partial charge in [0.05, 0.1) is 5.69 Å². The number of fused-ring (bicyclic) bond motifs is 2. The molecule has 4 aromatic rings. The summed E-state index contributed by atoms with van der Waals surface area (Å²) in [7, 11) is 0. The van der Waals surface area contributed by atoms with Gasteiger partial charge < -0.3 is 9.47 Å². The van der Waals surface area contributed by atoms with E-state index in [0.717, 1.165) is 11.3 Å². The van der Waals surface area contributed by atoms with E-state index in [2.05, 4.69) is 20.5 Å². The van der Waals surface area contributed by atoms with Crippen molar-refractivity contribution in [3.05, 3.63) is 41.2 Å². The lowest BCUT2D eigenvalue weighted by molar-refractivity contribution is 0.174. The van der Waals surface area contributed by atoms with Gasteiger partial charge in [-0.1, -0.05) is 6.07 Å². The first-order valence-electron chi connectivity index (χ1n) is 7.10. The van der Waals surface area contributed by atoms with Crippen LogP contribution in [0.15, 0.2) is 41.0 Å². The van der Waals surface area contributed by atoms with E-state index in [1.165, 1.54) is 0 Å². The fourth-order valence-corrected chi connectivity index (χ4v) is 2.95. The molecule has 0 amide bonds. The number of aromatic nitrogens is 5. The summed E-state index contributed by atoms with van der Waals surface area (Å²) in [6, 6.07) is 11.2. The Hall–Kier alpha value is -3.20. The number of ether oxygens (including phenoxy) is 2. The van der Waals surface area contributed by atoms with Crippen molar-refractivity contribution in [3.8, 4) is 28.6 Å². The maximum absolute atomic E-state index is 5.44. The molecule has 0 bridgehead atoms. The van der Waals surface area contributed by atoms with Crippen molar-refractivity contribution in [1.29, 1.82) is 0 Å². The van der Waals surface area contributed by atoms with E-state index in [0.29, 0.717) is 33.1 Å². The Kier molecular flexibility index (Phi) is 2.71. The fourth-order valence-electron chi connectivity index (χ4n) is 2.72. The van der Waals surface area contributed by atoms with Crippen molar-refractivity contribution in [1.82, 2.24) is 25.1 Å². The topological polar surface area (TPSA) is 91.0 Å². The molecular weight excluding hydrogens is 330 g/mol. The summed E-state index contributed by atoms with van der Waals surface area (Å²) in [4.78, 5) is 0. The van der Waals surface area contributed by atoms with Gasteiger partial charge in [0.15, 0.2) is 27.6 Å². The molecule has 0 atom stereocenters. The third-order valence-electron chi connectivity index (χ3n) is 3.81. The van der Waals surface area contributed by atoms with E-state index in [9.17, 15) is 0 Å². The molecule has 118 valence electrons. The number of hydrogen-bond donors (Lipinski definition) is 1. The number of rotatable bonds is 2. The Labute approximate surface area is 139 Å². The van der Waals surface area contributed by atoms with E-state index in [4.69, 9.17) is 26.3 Å². The van der Waals surface area contributed by atoms with Gasteiger partial charge in [-0.2, -0.15) is 5.10 Å². The van der Waals surface area contributed by atoms with Gasteiger partial charge in [0.1, 0.15) is 5.52 Å². The predicted octanol–water partition coefficient (Wildman–Crippen LogP) is 2.86. The number of nitrogens with zero attached hydrogens (tertiary/aromatic N) is 4. The van der Waals surface area contributed by atoms with E-state index in [1.54, 1.807) is 4.57 Å². The average molecular weight is 339 g/mol. The van der Waals surface area contributed by atoms with Crippen molar-refractivity contribution in [2.24, 2.45) is 0 Å².